The molecule has 0 aliphatic heterocycles. The van der Waals surface area contributed by atoms with Gasteiger partial charge in [0, 0.05) is 29.8 Å². The summed E-state index contributed by atoms with van der Waals surface area (Å²) in [6, 6.07) is 1.48. The van der Waals surface area contributed by atoms with Crippen molar-refractivity contribution in [2.24, 2.45) is 0 Å². The summed E-state index contributed by atoms with van der Waals surface area (Å²) in [7, 11) is -2.97. The summed E-state index contributed by atoms with van der Waals surface area (Å²) in [5.41, 5.74) is 0.553. The Bertz CT molecular complexity index is 491. The van der Waals surface area contributed by atoms with Gasteiger partial charge >= 0.3 is 0 Å². The van der Waals surface area contributed by atoms with Crippen molar-refractivity contribution < 1.29 is 12.8 Å². The van der Waals surface area contributed by atoms with E-state index in [1.165, 1.54) is 12.5 Å². The summed E-state index contributed by atoms with van der Waals surface area (Å²) < 4.78 is 36.0. The number of hydrogen-bond donors (Lipinski definition) is 1. The van der Waals surface area contributed by atoms with Gasteiger partial charge in [-0.15, -0.1) is 0 Å². The molecule has 6 heteroatoms. The molecule has 1 atom stereocenters. The summed E-state index contributed by atoms with van der Waals surface area (Å²) in [5.74, 6) is -0.222. The van der Waals surface area contributed by atoms with E-state index in [-0.39, 0.29) is 17.6 Å². The molecule has 1 N–H and O–H groups in total. The van der Waals surface area contributed by atoms with Crippen LogP contribution in [0.25, 0.3) is 0 Å². The predicted octanol–water partition coefficient (Wildman–Crippen LogP) is 2.09. The van der Waals surface area contributed by atoms with Gasteiger partial charge in [-0.3, -0.25) is 4.98 Å². The standard InChI is InChI=1S/C13H21FN2O2S/c1-3-7-16-13(5-4-9-19(2,17)18)11-6-8-15-10-12(11)14/h6,8,10,13,16H,3-5,7,9H2,1-2H3. The number of pyridine rings is 1. The van der Waals surface area contributed by atoms with Crippen LogP contribution in [-0.4, -0.2) is 32.0 Å². The maximum absolute atomic E-state index is 13.7. The largest absolute Gasteiger partial charge is 0.310 e. The zero-order chi connectivity index (χ0) is 14.3. The van der Waals surface area contributed by atoms with Crippen LogP contribution in [0.5, 0.6) is 0 Å². The second-order valence-electron chi connectivity index (χ2n) is 4.68. The van der Waals surface area contributed by atoms with Crippen LogP contribution in [0.3, 0.4) is 0 Å². The maximum atomic E-state index is 13.7. The third-order valence-corrected chi connectivity index (χ3v) is 3.86. The van der Waals surface area contributed by atoms with Gasteiger partial charge in [-0.2, -0.15) is 0 Å². The van der Waals surface area contributed by atoms with Gasteiger partial charge in [-0.25, -0.2) is 12.8 Å². The summed E-state index contributed by atoms with van der Waals surface area (Å²) in [4.78, 5) is 3.73. The Balaban J connectivity index is 2.69. The summed E-state index contributed by atoms with van der Waals surface area (Å²) in [5, 5.41) is 3.25. The molecule has 108 valence electrons. The topological polar surface area (TPSA) is 59.1 Å². The second-order valence-corrected chi connectivity index (χ2v) is 6.94. The second kappa shape index (κ2) is 7.55. The monoisotopic (exact) mass is 288 g/mol. The van der Waals surface area contributed by atoms with Crippen LogP contribution in [0.4, 0.5) is 4.39 Å². The fraction of sp³-hybridized carbons (Fsp3) is 0.615. The van der Waals surface area contributed by atoms with Gasteiger partial charge in [0.2, 0.25) is 0 Å². The first-order valence-electron chi connectivity index (χ1n) is 6.44. The van der Waals surface area contributed by atoms with Gasteiger partial charge in [-0.05, 0) is 31.9 Å². The molecule has 0 aromatic carbocycles. The minimum atomic E-state index is -2.97. The number of nitrogens with zero attached hydrogens (tertiary/aromatic N) is 1. The molecule has 0 saturated heterocycles. The highest BCUT2D eigenvalue weighted by molar-refractivity contribution is 7.90. The molecule has 0 amide bonds. The normalized spacial score (nSPS) is 13.4. The van der Waals surface area contributed by atoms with Crippen molar-refractivity contribution in [3.63, 3.8) is 0 Å². The lowest BCUT2D eigenvalue weighted by Crippen LogP contribution is -2.24. The van der Waals surface area contributed by atoms with Crippen LogP contribution < -0.4 is 5.32 Å². The Morgan fingerprint density at radius 2 is 2.21 bits per heavy atom. The molecule has 0 bridgehead atoms. The first-order valence-corrected chi connectivity index (χ1v) is 8.50. The van der Waals surface area contributed by atoms with Gasteiger partial charge in [0.05, 0.1) is 6.20 Å². The molecule has 1 unspecified atom stereocenters. The van der Waals surface area contributed by atoms with Gasteiger partial charge in [0.15, 0.2) is 0 Å². The van der Waals surface area contributed by atoms with Crippen molar-refractivity contribution in [1.29, 1.82) is 0 Å². The number of rotatable bonds is 8. The van der Waals surface area contributed by atoms with E-state index in [2.05, 4.69) is 10.3 Å². The number of sulfone groups is 1. The highest BCUT2D eigenvalue weighted by Crippen LogP contribution is 2.21. The molecule has 0 saturated carbocycles. The molecule has 0 fully saturated rings. The van der Waals surface area contributed by atoms with Gasteiger partial charge < -0.3 is 5.32 Å². The molecule has 0 radical (unpaired) electrons. The fourth-order valence-electron chi connectivity index (χ4n) is 1.90. The van der Waals surface area contributed by atoms with Gasteiger partial charge in [0.25, 0.3) is 0 Å². The molecule has 1 aromatic heterocycles. The molecule has 0 aliphatic carbocycles. The van der Waals surface area contributed by atoms with E-state index < -0.39 is 9.84 Å². The Morgan fingerprint density at radius 3 is 2.79 bits per heavy atom. The lowest BCUT2D eigenvalue weighted by molar-refractivity contribution is 0.467. The van der Waals surface area contributed by atoms with E-state index in [1.807, 2.05) is 6.92 Å². The molecular formula is C13H21FN2O2S. The van der Waals surface area contributed by atoms with Crippen molar-refractivity contribution >= 4 is 9.84 Å². The SMILES string of the molecule is CCCNC(CCCS(C)(=O)=O)c1ccncc1F. The molecule has 1 heterocycles. The van der Waals surface area contributed by atoms with Crippen molar-refractivity contribution in [3.8, 4) is 0 Å². The molecule has 0 spiro atoms. The minimum absolute atomic E-state index is 0.129. The fourth-order valence-corrected chi connectivity index (χ4v) is 2.60. The van der Waals surface area contributed by atoms with E-state index in [4.69, 9.17) is 0 Å². The van der Waals surface area contributed by atoms with E-state index in [0.717, 1.165) is 13.0 Å². The summed E-state index contributed by atoms with van der Waals surface area (Å²) in [6.45, 7) is 2.80. The number of hydrogen-bond acceptors (Lipinski definition) is 4. The van der Waals surface area contributed by atoms with E-state index in [9.17, 15) is 12.8 Å². The van der Waals surface area contributed by atoms with Crippen molar-refractivity contribution in [3.05, 3.63) is 29.8 Å². The van der Waals surface area contributed by atoms with Crippen LogP contribution in [-0.2, 0) is 9.84 Å². The smallest absolute Gasteiger partial charge is 0.147 e. The van der Waals surface area contributed by atoms with Crippen LogP contribution in [0.15, 0.2) is 18.5 Å². The van der Waals surface area contributed by atoms with Crippen LogP contribution in [0, 0.1) is 5.82 Å². The van der Waals surface area contributed by atoms with Crippen molar-refractivity contribution in [1.82, 2.24) is 10.3 Å². The van der Waals surface area contributed by atoms with Crippen LogP contribution >= 0.6 is 0 Å². The van der Waals surface area contributed by atoms with E-state index in [1.54, 1.807) is 12.3 Å². The average molecular weight is 288 g/mol. The summed E-state index contributed by atoms with van der Waals surface area (Å²) >= 11 is 0. The zero-order valence-electron chi connectivity index (χ0n) is 11.4. The van der Waals surface area contributed by atoms with Gasteiger partial charge in [-0.1, -0.05) is 6.92 Å². The highest BCUT2D eigenvalue weighted by Gasteiger charge is 2.15. The number of aromatic nitrogens is 1. The van der Waals surface area contributed by atoms with E-state index in [0.29, 0.717) is 18.4 Å². The lowest BCUT2D eigenvalue weighted by Gasteiger charge is -2.19. The quantitative estimate of drug-likeness (QED) is 0.795. The molecule has 0 aliphatic rings. The van der Waals surface area contributed by atoms with E-state index >= 15 is 0 Å². The molecule has 1 rings (SSSR count). The average Bonchev–Trinajstić information content (AvgIpc) is 2.33. The molecule has 4 nitrogen and oxygen atoms in total. The first-order chi connectivity index (χ1) is 8.94. The summed E-state index contributed by atoms with van der Waals surface area (Å²) in [6.07, 6.45) is 6.00. The van der Waals surface area contributed by atoms with Crippen LogP contribution in [0.2, 0.25) is 0 Å². The Kier molecular flexibility index (Phi) is 6.37. The van der Waals surface area contributed by atoms with Crippen molar-refractivity contribution in [2.45, 2.75) is 32.2 Å². The Labute approximate surface area is 114 Å². The Hall–Kier alpha value is -1.01. The molecule has 19 heavy (non-hydrogen) atoms. The molecular weight excluding hydrogens is 267 g/mol. The Morgan fingerprint density at radius 1 is 1.47 bits per heavy atom. The lowest BCUT2D eigenvalue weighted by atomic mass is 10.0. The van der Waals surface area contributed by atoms with Gasteiger partial charge in [0.1, 0.15) is 15.7 Å². The first kappa shape index (κ1) is 16.0. The third kappa shape index (κ3) is 6.11. The third-order valence-electron chi connectivity index (χ3n) is 2.83. The zero-order valence-corrected chi connectivity index (χ0v) is 12.2. The highest BCUT2D eigenvalue weighted by atomic mass is 32.2. The van der Waals surface area contributed by atoms with Crippen LogP contribution in [0.1, 0.15) is 37.8 Å². The maximum Gasteiger partial charge on any atom is 0.147 e. The number of nitrogens with one attached hydrogen (secondary N) is 1. The predicted molar refractivity (Wildman–Crippen MR) is 74.2 cm³/mol. The minimum Gasteiger partial charge on any atom is -0.310 e. The molecule has 1 aromatic rings. The number of halogens is 1. The van der Waals surface area contributed by atoms with Crippen molar-refractivity contribution in [2.75, 3.05) is 18.6 Å².